The third-order valence-corrected chi connectivity index (χ3v) is 5.48. The molecule has 1 unspecified atom stereocenters. The van der Waals surface area contributed by atoms with E-state index in [0.29, 0.717) is 37.1 Å². The van der Waals surface area contributed by atoms with Gasteiger partial charge in [0.2, 0.25) is 5.91 Å². The monoisotopic (exact) mass is 378 g/mol. The van der Waals surface area contributed by atoms with Crippen LogP contribution < -0.4 is 5.73 Å². The van der Waals surface area contributed by atoms with Crippen LogP contribution in [0.15, 0.2) is 47.6 Å². The van der Waals surface area contributed by atoms with E-state index in [1.54, 1.807) is 18.2 Å². The summed E-state index contributed by atoms with van der Waals surface area (Å²) in [7, 11) is 0. The molecule has 1 saturated heterocycles. The number of nitrogens with two attached hydrogens (primary N) is 1. The van der Waals surface area contributed by atoms with Crippen LogP contribution in [0.4, 0.5) is 13.2 Å². The van der Waals surface area contributed by atoms with E-state index < -0.39 is 23.2 Å². The fourth-order valence-corrected chi connectivity index (χ4v) is 3.97. The van der Waals surface area contributed by atoms with Gasteiger partial charge >= 0.3 is 6.18 Å². The molecule has 0 spiro atoms. The molecule has 4 nitrogen and oxygen atoms in total. The van der Waals surface area contributed by atoms with Gasteiger partial charge in [0.05, 0.1) is 11.1 Å². The second-order valence-corrected chi connectivity index (χ2v) is 7.05. The van der Waals surface area contributed by atoms with Crippen molar-refractivity contribution in [3.63, 3.8) is 0 Å². The van der Waals surface area contributed by atoms with Gasteiger partial charge in [-0.3, -0.25) is 14.5 Å². The van der Waals surface area contributed by atoms with Crippen LogP contribution in [0.5, 0.6) is 0 Å². The molecule has 1 fully saturated rings. The van der Waals surface area contributed by atoms with E-state index in [2.05, 4.69) is 0 Å². The molecule has 1 aliphatic heterocycles. The Morgan fingerprint density at radius 3 is 2.44 bits per heavy atom. The van der Waals surface area contributed by atoms with Gasteiger partial charge < -0.3 is 5.73 Å². The minimum Gasteiger partial charge on any atom is -0.366 e. The first-order valence-corrected chi connectivity index (χ1v) is 8.77. The molecule has 1 aromatic carbocycles. The molecule has 2 aliphatic rings. The van der Waals surface area contributed by atoms with Crippen molar-refractivity contribution in [3.05, 3.63) is 58.7 Å². The van der Waals surface area contributed by atoms with Crippen LogP contribution in [0.2, 0.25) is 0 Å². The Kier molecular flexibility index (Phi) is 4.99. The van der Waals surface area contributed by atoms with Crippen LogP contribution in [0.1, 0.15) is 37.3 Å². The zero-order valence-electron chi connectivity index (χ0n) is 15.0. The second-order valence-electron chi connectivity index (χ2n) is 7.05. The molecule has 0 bridgehead atoms. The molecule has 0 aromatic heterocycles. The molecular formula is C20H21F3N2O2. The van der Waals surface area contributed by atoms with Crippen molar-refractivity contribution in [2.45, 2.75) is 37.9 Å². The summed E-state index contributed by atoms with van der Waals surface area (Å²) in [6.45, 7) is 2.68. The number of hydrogen-bond acceptors (Lipinski definition) is 3. The maximum atomic E-state index is 13.3. The zero-order chi connectivity index (χ0) is 19.8. The smallest absolute Gasteiger partial charge is 0.366 e. The van der Waals surface area contributed by atoms with E-state index in [9.17, 15) is 22.8 Å². The average Bonchev–Trinajstić information content (AvgIpc) is 2.62. The lowest BCUT2D eigenvalue weighted by Gasteiger charge is -2.48. The number of hydrogen-bond donors (Lipinski definition) is 1. The van der Waals surface area contributed by atoms with E-state index in [1.165, 1.54) is 6.07 Å². The molecule has 1 atom stereocenters. The zero-order valence-corrected chi connectivity index (χ0v) is 15.0. The van der Waals surface area contributed by atoms with Crippen LogP contribution in [-0.2, 0) is 21.3 Å². The minimum atomic E-state index is -4.47. The fraction of sp³-hybridized carbons (Fsp3) is 0.400. The Morgan fingerprint density at radius 2 is 1.85 bits per heavy atom. The lowest BCUT2D eigenvalue weighted by molar-refractivity contribution is -0.137. The quantitative estimate of drug-likeness (QED) is 0.878. The highest BCUT2D eigenvalue weighted by Gasteiger charge is 2.45. The van der Waals surface area contributed by atoms with Crippen molar-refractivity contribution in [2.75, 3.05) is 13.1 Å². The topological polar surface area (TPSA) is 63.4 Å². The number of rotatable bonds is 3. The number of allylic oxidation sites excluding steroid dienone is 2. The van der Waals surface area contributed by atoms with Gasteiger partial charge in [-0.1, -0.05) is 24.3 Å². The van der Waals surface area contributed by atoms with Crippen molar-refractivity contribution in [1.29, 1.82) is 0 Å². The summed E-state index contributed by atoms with van der Waals surface area (Å²) in [4.78, 5) is 25.5. The van der Waals surface area contributed by atoms with E-state index in [1.807, 2.05) is 11.8 Å². The van der Waals surface area contributed by atoms with Gasteiger partial charge in [-0.05, 0) is 30.2 Å². The first kappa shape index (κ1) is 19.4. The number of halogens is 3. The lowest BCUT2D eigenvalue weighted by atomic mass is 9.72. The molecule has 0 saturated carbocycles. The number of alkyl halides is 3. The Hall–Kier alpha value is -2.41. The summed E-state index contributed by atoms with van der Waals surface area (Å²) < 4.78 is 39.9. The highest BCUT2D eigenvalue weighted by Crippen LogP contribution is 2.45. The van der Waals surface area contributed by atoms with E-state index in [-0.39, 0.29) is 12.2 Å². The second kappa shape index (κ2) is 6.96. The maximum Gasteiger partial charge on any atom is 0.416 e. The molecule has 1 amide bonds. The lowest BCUT2D eigenvalue weighted by Crippen LogP contribution is -2.52. The largest absolute Gasteiger partial charge is 0.416 e. The molecule has 2 N–H and O–H groups in total. The number of amides is 1. The molecular weight excluding hydrogens is 357 g/mol. The Bertz CT molecular complexity index is 832. The molecule has 1 aromatic rings. The van der Waals surface area contributed by atoms with E-state index in [0.717, 1.165) is 17.7 Å². The van der Waals surface area contributed by atoms with Crippen LogP contribution in [-0.4, -0.2) is 29.7 Å². The highest BCUT2D eigenvalue weighted by atomic mass is 19.4. The van der Waals surface area contributed by atoms with Crippen LogP contribution in [0, 0.1) is 0 Å². The molecule has 27 heavy (non-hydrogen) atoms. The summed E-state index contributed by atoms with van der Waals surface area (Å²) in [6.07, 6.45) is -0.254. The number of ketones is 1. The fourth-order valence-electron chi connectivity index (χ4n) is 3.97. The third-order valence-electron chi connectivity index (χ3n) is 5.48. The highest BCUT2D eigenvalue weighted by molar-refractivity contribution is 5.93. The first-order valence-electron chi connectivity index (χ1n) is 8.77. The van der Waals surface area contributed by atoms with Crippen LogP contribution in [0.3, 0.4) is 0 Å². The molecule has 1 heterocycles. The standard InChI is InChI=1S/C20H21F3N2O2/c1-13-5-6-14(18(24)27)12-19(13,25-9-7-17(26)8-10-25)15-3-2-4-16(11-15)20(21,22)23/h2-6,11H,7-10,12H2,1H3,(H2,24,27). The van der Waals surface area contributed by atoms with Gasteiger partial charge in [-0.2, -0.15) is 13.2 Å². The maximum absolute atomic E-state index is 13.3. The van der Waals surface area contributed by atoms with Crippen molar-refractivity contribution < 1.29 is 22.8 Å². The van der Waals surface area contributed by atoms with Crippen LogP contribution >= 0.6 is 0 Å². The summed E-state index contributed by atoms with van der Waals surface area (Å²) in [5.41, 5.74) is 5.43. The third kappa shape index (κ3) is 3.56. The van der Waals surface area contributed by atoms with Crippen molar-refractivity contribution in [3.8, 4) is 0 Å². The number of piperidine rings is 1. The van der Waals surface area contributed by atoms with Gasteiger partial charge in [-0.15, -0.1) is 0 Å². The number of likely N-dealkylation sites (tertiary alicyclic amines) is 1. The summed E-state index contributed by atoms with van der Waals surface area (Å²) in [5.74, 6) is -0.461. The number of benzene rings is 1. The number of Topliss-reactive ketones (excluding diaryl/α,β-unsaturated/α-hetero) is 1. The van der Waals surface area contributed by atoms with E-state index in [4.69, 9.17) is 5.73 Å². The summed E-state index contributed by atoms with van der Waals surface area (Å²) in [5, 5.41) is 0. The number of carbonyl (C=O) groups is 2. The minimum absolute atomic E-state index is 0.133. The number of carbonyl (C=O) groups excluding carboxylic acids is 2. The van der Waals surface area contributed by atoms with Crippen molar-refractivity contribution in [2.24, 2.45) is 5.73 Å². The van der Waals surface area contributed by atoms with Crippen molar-refractivity contribution in [1.82, 2.24) is 4.90 Å². The van der Waals surface area contributed by atoms with Crippen molar-refractivity contribution >= 4 is 11.7 Å². The van der Waals surface area contributed by atoms with Gasteiger partial charge in [0.15, 0.2) is 0 Å². The number of primary amides is 1. The summed E-state index contributed by atoms with van der Waals surface area (Å²) in [6, 6.07) is 5.19. The average molecular weight is 378 g/mol. The molecule has 0 radical (unpaired) electrons. The van der Waals surface area contributed by atoms with E-state index >= 15 is 0 Å². The Balaban J connectivity index is 2.15. The predicted molar refractivity (Wildman–Crippen MR) is 94.6 cm³/mol. The number of nitrogens with zero attached hydrogens (tertiary/aromatic N) is 1. The molecule has 1 aliphatic carbocycles. The van der Waals surface area contributed by atoms with Gasteiger partial charge in [0.25, 0.3) is 0 Å². The van der Waals surface area contributed by atoms with Crippen LogP contribution in [0.25, 0.3) is 0 Å². The Labute approximate surface area is 155 Å². The van der Waals surface area contributed by atoms with Gasteiger partial charge in [-0.25, -0.2) is 0 Å². The normalized spacial score (nSPS) is 24.4. The van der Waals surface area contributed by atoms with Gasteiger partial charge in [0, 0.05) is 37.9 Å². The SMILES string of the molecule is CC1=CC=C(C(N)=O)CC1(c1cccc(C(F)(F)F)c1)N1CCC(=O)CC1. The molecule has 7 heteroatoms. The Morgan fingerprint density at radius 1 is 1.19 bits per heavy atom. The predicted octanol–water partition coefficient (Wildman–Crippen LogP) is 3.33. The summed E-state index contributed by atoms with van der Waals surface area (Å²) >= 11 is 0. The molecule has 3 rings (SSSR count). The molecule has 144 valence electrons. The first-order chi connectivity index (χ1) is 12.6. The van der Waals surface area contributed by atoms with Gasteiger partial charge in [0.1, 0.15) is 5.78 Å².